The number of likely N-dealkylation sites (N-methyl/N-ethyl adjacent to an activating group) is 1. The number of rotatable bonds is 5. The normalized spacial score (nSPS) is 20.9. The topological polar surface area (TPSA) is 84.4 Å². The summed E-state index contributed by atoms with van der Waals surface area (Å²) in [5.74, 6) is 0.480. The molecule has 3 N–H and O–H groups in total. The lowest BCUT2D eigenvalue weighted by Crippen LogP contribution is -2.42. The first kappa shape index (κ1) is 13.8. The maximum atomic E-state index is 5.86. The molecule has 7 nitrogen and oxygen atoms in total. The van der Waals surface area contributed by atoms with Crippen molar-refractivity contribution in [1.29, 1.82) is 0 Å². The third-order valence-electron chi connectivity index (χ3n) is 3.48. The van der Waals surface area contributed by atoms with Gasteiger partial charge < -0.3 is 11.1 Å². The van der Waals surface area contributed by atoms with E-state index in [1.165, 1.54) is 24.2 Å². The van der Waals surface area contributed by atoms with Crippen molar-refractivity contribution in [3.63, 3.8) is 0 Å². The van der Waals surface area contributed by atoms with Crippen LogP contribution in [0.2, 0.25) is 0 Å². The van der Waals surface area contributed by atoms with Gasteiger partial charge in [0.25, 0.3) is 0 Å². The predicted octanol–water partition coefficient (Wildman–Crippen LogP) is -0.296. The average molecular weight is 265 g/mol. The molecule has 0 spiro atoms. The second-order valence-electron chi connectivity index (χ2n) is 4.83. The fourth-order valence-corrected chi connectivity index (χ4v) is 2.45. The van der Waals surface area contributed by atoms with Gasteiger partial charge in [0.15, 0.2) is 5.96 Å². The van der Waals surface area contributed by atoms with Gasteiger partial charge in [-0.3, -0.25) is 4.90 Å². The quantitative estimate of drug-likeness (QED) is 0.564. The van der Waals surface area contributed by atoms with E-state index < -0.39 is 0 Å². The molecule has 1 aromatic rings. The van der Waals surface area contributed by atoms with E-state index in [-0.39, 0.29) is 0 Å². The summed E-state index contributed by atoms with van der Waals surface area (Å²) in [5, 5.41) is 11.3. The summed E-state index contributed by atoms with van der Waals surface area (Å²) in [4.78, 5) is 8.26. The minimum atomic E-state index is 0.467. The summed E-state index contributed by atoms with van der Waals surface area (Å²) < 4.78 is 0. The van der Waals surface area contributed by atoms with Gasteiger partial charge >= 0.3 is 0 Å². The van der Waals surface area contributed by atoms with E-state index in [1.807, 2.05) is 0 Å². The van der Waals surface area contributed by atoms with Crippen LogP contribution >= 0.6 is 0 Å². The highest BCUT2D eigenvalue weighted by Crippen LogP contribution is 2.15. The molecule has 1 saturated heterocycles. The third-order valence-corrected chi connectivity index (χ3v) is 3.48. The van der Waals surface area contributed by atoms with Crippen molar-refractivity contribution in [3.05, 3.63) is 11.9 Å². The monoisotopic (exact) mass is 265 g/mol. The zero-order chi connectivity index (χ0) is 13.7. The molecule has 0 radical (unpaired) electrons. The number of aliphatic imine (C=N–C) groups is 1. The Bertz CT molecular complexity index is 425. The molecule has 0 aliphatic carbocycles. The molecule has 7 heteroatoms. The van der Waals surface area contributed by atoms with Gasteiger partial charge in [0, 0.05) is 19.6 Å². The highest BCUT2D eigenvalue weighted by Gasteiger charge is 2.22. The van der Waals surface area contributed by atoms with Gasteiger partial charge in [-0.05, 0) is 25.9 Å². The number of nitrogens with one attached hydrogen (secondary N) is 1. The Hall–Kier alpha value is -1.63. The molecule has 0 saturated carbocycles. The van der Waals surface area contributed by atoms with Gasteiger partial charge in [0.05, 0.1) is 12.7 Å². The molecule has 2 rings (SSSR count). The van der Waals surface area contributed by atoms with E-state index in [2.05, 4.69) is 32.3 Å². The van der Waals surface area contributed by atoms with Crippen molar-refractivity contribution in [2.45, 2.75) is 32.4 Å². The summed E-state index contributed by atoms with van der Waals surface area (Å²) >= 11 is 0. The van der Waals surface area contributed by atoms with Crippen LogP contribution in [0.1, 0.15) is 25.5 Å². The van der Waals surface area contributed by atoms with Crippen molar-refractivity contribution in [1.82, 2.24) is 25.2 Å². The molecule has 106 valence electrons. The summed E-state index contributed by atoms with van der Waals surface area (Å²) in [6.07, 6.45) is 4.21. The number of nitrogens with two attached hydrogens (primary N) is 1. The van der Waals surface area contributed by atoms with Gasteiger partial charge in [-0.15, -0.1) is 0 Å². The van der Waals surface area contributed by atoms with Gasteiger partial charge in [0.1, 0.15) is 5.69 Å². The van der Waals surface area contributed by atoms with Crippen LogP contribution in [0.4, 0.5) is 0 Å². The summed E-state index contributed by atoms with van der Waals surface area (Å²) in [6, 6.07) is 0.579. The van der Waals surface area contributed by atoms with Crippen molar-refractivity contribution in [2.75, 3.05) is 19.6 Å². The van der Waals surface area contributed by atoms with Crippen molar-refractivity contribution in [2.24, 2.45) is 17.8 Å². The number of hydrogen-bond acceptors (Lipinski definition) is 4. The first-order valence-corrected chi connectivity index (χ1v) is 6.82. The molecule has 0 aromatic carbocycles. The van der Waals surface area contributed by atoms with Crippen molar-refractivity contribution in [3.8, 4) is 0 Å². The lowest BCUT2D eigenvalue weighted by atomic mass is 10.2. The van der Waals surface area contributed by atoms with Crippen molar-refractivity contribution >= 4 is 5.96 Å². The van der Waals surface area contributed by atoms with Crippen LogP contribution in [-0.4, -0.2) is 51.5 Å². The lowest BCUT2D eigenvalue weighted by Gasteiger charge is -2.23. The fraction of sp³-hybridized carbons (Fsp3) is 0.750. The third kappa shape index (κ3) is 3.92. The number of nitrogens with zero attached hydrogens (tertiary/aromatic N) is 5. The standard InChI is InChI=1S/C12H23N7/c1-3-19-6-4-5-11(19)9-15-12(13)14-7-10-8-16-18(2)17-10/h8,11H,3-7,9H2,1-2H3,(H3,13,14,15). The molecular weight excluding hydrogens is 242 g/mol. The smallest absolute Gasteiger partial charge is 0.189 e. The van der Waals surface area contributed by atoms with E-state index in [4.69, 9.17) is 5.73 Å². The molecule has 0 bridgehead atoms. The molecule has 19 heavy (non-hydrogen) atoms. The number of aromatic nitrogens is 3. The SMILES string of the molecule is CCN1CCCC1CNC(N)=NCc1cnn(C)n1. The number of likely N-dealkylation sites (tertiary alicyclic amines) is 1. The number of guanidine groups is 1. The number of aryl methyl sites for hydroxylation is 1. The Labute approximate surface area is 113 Å². The highest BCUT2D eigenvalue weighted by atomic mass is 15.4. The Balaban J connectivity index is 1.76. The Morgan fingerprint density at radius 1 is 1.63 bits per heavy atom. The van der Waals surface area contributed by atoms with Crippen LogP contribution in [0.25, 0.3) is 0 Å². The zero-order valence-corrected chi connectivity index (χ0v) is 11.7. The van der Waals surface area contributed by atoms with Gasteiger partial charge in [-0.25, -0.2) is 4.99 Å². The summed E-state index contributed by atoms with van der Waals surface area (Å²) in [7, 11) is 1.79. The molecule has 1 atom stereocenters. The highest BCUT2D eigenvalue weighted by molar-refractivity contribution is 5.77. The average Bonchev–Trinajstić information content (AvgIpc) is 3.02. The van der Waals surface area contributed by atoms with Crippen LogP contribution < -0.4 is 11.1 Å². The minimum absolute atomic E-state index is 0.467. The van der Waals surface area contributed by atoms with Crippen LogP contribution in [0.3, 0.4) is 0 Å². The minimum Gasteiger partial charge on any atom is -0.370 e. The molecule has 1 unspecified atom stereocenters. The second-order valence-corrected chi connectivity index (χ2v) is 4.83. The summed E-state index contributed by atoms with van der Waals surface area (Å²) in [5.41, 5.74) is 6.68. The zero-order valence-electron chi connectivity index (χ0n) is 11.7. The van der Waals surface area contributed by atoms with Gasteiger partial charge in [0.2, 0.25) is 0 Å². The van der Waals surface area contributed by atoms with E-state index in [0.717, 1.165) is 18.8 Å². The van der Waals surface area contributed by atoms with E-state index in [0.29, 0.717) is 18.5 Å². The van der Waals surface area contributed by atoms with E-state index in [1.54, 1.807) is 13.2 Å². The first-order valence-electron chi connectivity index (χ1n) is 6.82. The van der Waals surface area contributed by atoms with Gasteiger partial charge in [-0.1, -0.05) is 6.92 Å². The largest absolute Gasteiger partial charge is 0.370 e. The van der Waals surface area contributed by atoms with Crippen LogP contribution in [0, 0.1) is 0 Å². The molecule has 1 fully saturated rings. The molecule has 1 aromatic heterocycles. The van der Waals surface area contributed by atoms with E-state index in [9.17, 15) is 0 Å². The predicted molar refractivity (Wildman–Crippen MR) is 74.6 cm³/mol. The second kappa shape index (κ2) is 6.51. The fourth-order valence-electron chi connectivity index (χ4n) is 2.45. The van der Waals surface area contributed by atoms with Gasteiger partial charge in [-0.2, -0.15) is 15.0 Å². The molecule has 1 aliphatic rings. The van der Waals surface area contributed by atoms with Crippen LogP contribution in [0.15, 0.2) is 11.2 Å². The number of hydrogen-bond donors (Lipinski definition) is 2. The molecule has 1 aliphatic heterocycles. The van der Waals surface area contributed by atoms with Crippen LogP contribution in [0.5, 0.6) is 0 Å². The first-order chi connectivity index (χ1) is 9.19. The summed E-state index contributed by atoms with van der Waals surface area (Å²) in [6.45, 7) is 5.82. The Kier molecular flexibility index (Phi) is 4.73. The van der Waals surface area contributed by atoms with E-state index >= 15 is 0 Å². The Morgan fingerprint density at radius 2 is 2.47 bits per heavy atom. The molecule has 2 heterocycles. The van der Waals surface area contributed by atoms with Crippen LogP contribution in [-0.2, 0) is 13.6 Å². The molecule has 0 amide bonds. The maximum absolute atomic E-state index is 5.86. The lowest BCUT2D eigenvalue weighted by molar-refractivity contribution is 0.267. The molecular formula is C12H23N7. The Morgan fingerprint density at radius 3 is 3.16 bits per heavy atom. The maximum Gasteiger partial charge on any atom is 0.189 e. The van der Waals surface area contributed by atoms with Crippen molar-refractivity contribution < 1.29 is 0 Å².